The van der Waals surface area contributed by atoms with Crippen molar-refractivity contribution in [1.29, 1.82) is 0 Å². The fourth-order valence-corrected chi connectivity index (χ4v) is 5.77. The highest BCUT2D eigenvalue weighted by Crippen LogP contribution is 2.39. The first kappa shape index (κ1) is 10.5. The summed E-state index contributed by atoms with van der Waals surface area (Å²) in [6.07, 6.45) is 0. The van der Waals surface area contributed by atoms with Crippen LogP contribution in [0.25, 0.3) is 19.2 Å². The third-order valence-corrected chi connectivity index (χ3v) is 6.18. The van der Waals surface area contributed by atoms with E-state index in [1.807, 2.05) is 12.1 Å². The minimum Gasteiger partial charge on any atom is -0.207 e. The maximum Gasteiger partial charge on any atom is 0.145 e. The summed E-state index contributed by atoms with van der Waals surface area (Å²) in [4.78, 5) is 1.17. The van der Waals surface area contributed by atoms with Gasteiger partial charge in [-0.2, -0.15) is 0 Å². The molecule has 0 atom stereocenters. The van der Waals surface area contributed by atoms with E-state index in [2.05, 4.69) is 6.07 Å². The molecule has 0 amide bonds. The molecule has 16 heavy (non-hydrogen) atoms. The van der Waals surface area contributed by atoms with Crippen LogP contribution in [-0.2, 0) is 0 Å². The Hall–Kier alpha value is -0.620. The van der Waals surface area contributed by atoms with Crippen LogP contribution in [0.1, 0.15) is 0 Å². The summed E-state index contributed by atoms with van der Waals surface area (Å²) in [5.41, 5.74) is 1.06. The average molecular weight is 284 g/mol. The number of fused-ring (bicyclic) bond motifs is 1. The van der Waals surface area contributed by atoms with Crippen molar-refractivity contribution in [2.24, 2.45) is 0 Å². The van der Waals surface area contributed by atoms with Crippen molar-refractivity contribution in [2.45, 2.75) is 0 Å². The Morgan fingerprint density at radius 3 is 2.44 bits per heavy atom. The predicted octanol–water partition coefficient (Wildman–Crippen LogP) is 5.56. The van der Waals surface area contributed by atoms with E-state index in [1.165, 1.54) is 25.7 Å². The highest BCUT2D eigenvalue weighted by molar-refractivity contribution is 7.77. The number of halogens is 1. The van der Waals surface area contributed by atoms with Crippen LogP contribution in [0.15, 0.2) is 30.3 Å². The maximum atomic E-state index is 12.8. The Morgan fingerprint density at radius 1 is 1.00 bits per heavy atom. The average Bonchev–Trinajstić information content (AvgIpc) is 2.75. The zero-order chi connectivity index (χ0) is 11.1. The second-order valence-electron chi connectivity index (χ2n) is 3.22. The molecule has 0 aliphatic rings. The molecule has 0 spiro atoms. The molecule has 0 saturated carbocycles. The van der Waals surface area contributed by atoms with Gasteiger partial charge in [0, 0.05) is 4.88 Å². The summed E-state index contributed by atoms with van der Waals surface area (Å²) in [7, 11) is 0. The Kier molecular flexibility index (Phi) is 2.63. The number of thiophene rings is 1. The smallest absolute Gasteiger partial charge is 0.145 e. The molecule has 3 rings (SSSR count). The van der Waals surface area contributed by atoms with Crippen molar-refractivity contribution in [1.82, 2.24) is 0 Å². The largest absolute Gasteiger partial charge is 0.207 e. The summed E-state index contributed by atoms with van der Waals surface area (Å²) >= 11 is 10.1. The monoisotopic (exact) mass is 284 g/mol. The molecule has 0 saturated heterocycles. The van der Waals surface area contributed by atoms with E-state index in [9.17, 15) is 4.39 Å². The highest BCUT2D eigenvalue weighted by atomic mass is 32.2. The molecule has 3 aromatic rings. The van der Waals surface area contributed by atoms with Gasteiger partial charge >= 0.3 is 0 Å². The number of benzene rings is 1. The van der Waals surface area contributed by atoms with Gasteiger partial charge < -0.3 is 0 Å². The Bertz CT molecular complexity index is 652. The minimum absolute atomic E-state index is 0.197. The van der Waals surface area contributed by atoms with Gasteiger partial charge in [-0.05, 0) is 23.8 Å². The van der Waals surface area contributed by atoms with Gasteiger partial charge in [0.05, 0.1) is 8.71 Å². The van der Waals surface area contributed by atoms with Gasteiger partial charge in [0.15, 0.2) is 0 Å². The van der Waals surface area contributed by atoms with Gasteiger partial charge in [-0.25, -0.2) is 4.39 Å². The highest BCUT2D eigenvalue weighted by Gasteiger charge is 2.06. The van der Waals surface area contributed by atoms with Gasteiger partial charge in [-0.1, -0.05) is 24.4 Å². The molecular weight excluding hydrogens is 279 g/mol. The summed E-state index contributed by atoms with van der Waals surface area (Å²) in [6.45, 7) is 0. The normalized spacial score (nSPS) is 11.1. The van der Waals surface area contributed by atoms with Crippen LogP contribution in [-0.4, -0.2) is 0 Å². The van der Waals surface area contributed by atoms with E-state index in [0.29, 0.717) is 0 Å². The molecule has 0 aliphatic heterocycles. The topological polar surface area (TPSA) is 0 Å². The first-order valence-corrected chi connectivity index (χ1v) is 7.37. The Labute approximate surface area is 109 Å². The molecule has 5 heteroatoms. The first-order chi connectivity index (χ1) is 7.72. The van der Waals surface area contributed by atoms with Crippen LogP contribution in [0.2, 0.25) is 0 Å². The lowest BCUT2D eigenvalue weighted by Gasteiger charge is -1.95. The summed E-state index contributed by atoms with van der Waals surface area (Å²) in [6, 6.07) is 8.73. The molecule has 1 aromatic carbocycles. The van der Waals surface area contributed by atoms with Crippen LogP contribution >= 0.6 is 46.2 Å². The molecular formula is C11H5FS4. The van der Waals surface area contributed by atoms with E-state index >= 15 is 0 Å². The standard InChI is InChI=1S/C11H5FS4/c12-7-3-1-6(2-4-7)8-5-9-10(14-8)16-11(13)15-9/h1-5H. The third kappa shape index (κ3) is 1.84. The van der Waals surface area contributed by atoms with Crippen LogP contribution in [0, 0.1) is 8.95 Å². The van der Waals surface area contributed by atoms with Crippen LogP contribution in [0.3, 0.4) is 0 Å². The summed E-state index contributed by atoms with van der Waals surface area (Å²) < 4.78 is 16.3. The molecule has 0 fully saturated rings. The van der Waals surface area contributed by atoms with Crippen LogP contribution < -0.4 is 0 Å². The van der Waals surface area contributed by atoms with Gasteiger partial charge in [0.2, 0.25) is 0 Å². The predicted molar refractivity (Wildman–Crippen MR) is 73.8 cm³/mol. The molecule has 0 aliphatic carbocycles. The quantitative estimate of drug-likeness (QED) is 0.527. The number of hydrogen-bond acceptors (Lipinski definition) is 4. The van der Waals surface area contributed by atoms with Gasteiger partial charge in [0.25, 0.3) is 0 Å². The summed E-state index contributed by atoms with van der Waals surface area (Å²) in [5.74, 6) is -0.197. The van der Waals surface area contributed by atoms with Gasteiger partial charge in [0.1, 0.15) is 8.95 Å². The molecule has 0 radical (unpaired) electrons. The van der Waals surface area contributed by atoms with Crippen molar-refractivity contribution in [3.05, 3.63) is 39.3 Å². The maximum absolute atomic E-state index is 12.8. The lowest BCUT2D eigenvalue weighted by Crippen LogP contribution is -1.73. The van der Waals surface area contributed by atoms with Crippen LogP contribution in [0.4, 0.5) is 4.39 Å². The Balaban J connectivity index is 2.15. The number of rotatable bonds is 1. The zero-order valence-corrected chi connectivity index (χ0v) is 11.2. The van der Waals surface area contributed by atoms with E-state index in [4.69, 9.17) is 12.2 Å². The minimum atomic E-state index is -0.197. The van der Waals surface area contributed by atoms with Gasteiger partial charge in [-0.15, -0.1) is 34.0 Å². The van der Waals surface area contributed by atoms with Crippen molar-refractivity contribution in [2.75, 3.05) is 0 Å². The molecule has 2 heterocycles. The molecule has 0 bridgehead atoms. The van der Waals surface area contributed by atoms with E-state index in [1.54, 1.807) is 34.0 Å². The molecule has 0 unspecified atom stereocenters. The zero-order valence-electron chi connectivity index (χ0n) is 7.90. The molecule has 80 valence electrons. The fourth-order valence-electron chi connectivity index (χ4n) is 1.44. The third-order valence-electron chi connectivity index (χ3n) is 2.16. The van der Waals surface area contributed by atoms with E-state index in [0.717, 1.165) is 8.70 Å². The first-order valence-electron chi connectivity index (χ1n) is 4.52. The lowest BCUT2D eigenvalue weighted by molar-refractivity contribution is 0.628. The second kappa shape index (κ2) is 4.00. The molecule has 2 aromatic heterocycles. The van der Waals surface area contributed by atoms with Crippen molar-refractivity contribution in [3.8, 4) is 10.4 Å². The fraction of sp³-hybridized carbons (Fsp3) is 0. The van der Waals surface area contributed by atoms with Crippen molar-refractivity contribution >= 4 is 54.9 Å². The number of hydrogen-bond donors (Lipinski definition) is 0. The van der Waals surface area contributed by atoms with E-state index < -0.39 is 0 Å². The molecule has 0 nitrogen and oxygen atoms in total. The Morgan fingerprint density at radius 2 is 1.75 bits per heavy atom. The summed E-state index contributed by atoms with van der Waals surface area (Å²) in [5, 5.41) is 0. The van der Waals surface area contributed by atoms with Crippen molar-refractivity contribution in [3.63, 3.8) is 0 Å². The van der Waals surface area contributed by atoms with Gasteiger partial charge in [-0.3, -0.25) is 0 Å². The second-order valence-corrected chi connectivity index (χ2v) is 7.79. The van der Waals surface area contributed by atoms with Crippen LogP contribution in [0.5, 0.6) is 0 Å². The van der Waals surface area contributed by atoms with E-state index in [-0.39, 0.29) is 5.82 Å². The molecule has 0 N–H and O–H groups in total. The lowest BCUT2D eigenvalue weighted by atomic mass is 10.2. The SMILES string of the molecule is Fc1ccc(-c2cc3sc(=S)sc3s2)cc1. The van der Waals surface area contributed by atoms with Crippen molar-refractivity contribution < 1.29 is 4.39 Å².